The van der Waals surface area contributed by atoms with Gasteiger partial charge in [-0.1, -0.05) is 23.7 Å². The Morgan fingerprint density at radius 3 is 2.55 bits per heavy atom. The van der Waals surface area contributed by atoms with Gasteiger partial charge in [-0.2, -0.15) is 0 Å². The lowest BCUT2D eigenvalue weighted by atomic mass is 10.0. The van der Waals surface area contributed by atoms with Crippen molar-refractivity contribution in [2.75, 3.05) is 44.8 Å². The first kappa shape index (κ1) is 27.4. The second-order valence-corrected chi connectivity index (χ2v) is 8.67. The lowest BCUT2D eigenvalue weighted by Gasteiger charge is -2.26. The summed E-state index contributed by atoms with van der Waals surface area (Å²) < 4.78 is 52.4. The van der Waals surface area contributed by atoms with Crippen LogP contribution in [0.3, 0.4) is 0 Å². The second-order valence-electron chi connectivity index (χ2n) is 8.29. The Bertz CT molecular complexity index is 1250. The normalized spacial score (nSPS) is 14.2. The number of carbonyl (C=O) groups is 1. The van der Waals surface area contributed by atoms with E-state index in [1.165, 1.54) is 36.7 Å². The molecule has 0 amide bonds. The Labute approximate surface area is 221 Å². The lowest BCUT2D eigenvalue weighted by Crippen LogP contribution is -2.38. The van der Waals surface area contributed by atoms with Crippen LogP contribution in [-0.2, 0) is 11.3 Å². The van der Waals surface area contributed by atoms with E-state index in [0.717, 1.165) is 13.1 Å². The molecule has 13 heteroatoms. The fourth-order valence-corrected chi connectivity index (χ4v) is 3.98. The van der Waals surface area contributed by atoms with E-state index in [-0.39, 0.29) is 34.6 Å². The number of halogens is 4. The van der Waals surface area contributed by atoms with Gasteiger partial charge in [0.2, 0.25) is 5.95 Å². The van der Waals surface area contributed by atoms with Gasteiger partial charge in [-0.3, -0.25) is 4.90 Å². The van der Waals surface area contributed by atoms with Gasteiger partial charge >= 0.3 is 12.3 Å². The first-order valence-electron chi connectivity index (χ1n) is 11.6. The summed E-state index contributed by atoms with van der Waals surface area (Å²) >= 11 is 6.30. The molecule has 0 radical (unpaired) electrons. The number of hydrogen-bond donors (Lipinski definition) is 2. The minimum atomic E-state index is -4.78. The molecule has 1 fully saturated rings. The molecule has 0 unspecified atom stereocenters. The number of ether oxygens (including phenoxy) is 3. The van der Waals surface area contributed by atoms with E-state index >= 15 is 0 Å². The van der Waals surface area contributed by atoms with Crippen molar-refractivity contribution in [3.63, 3.8) is 0 Å². The van der Waals surface area contributed by atoms with Crippen molar-refractivity contribution in [2.24, 2.45) is 0 Å². The molecule has 9 nitrogen and oxygen atoms in total. The van der Waals surface area contributed by atoms with E-state index in [4.69, 9.17) is 21.1 Å². The van der Waals surface area contributed by atoms with Crippen LogP contribution in [0.15, 0.2) is 48.8 Å². The van der Waals surface area contributed by atoms with Crippen LogP contribution in [0.4, 0.5) is 19.1 Å². The molecular formula is C25H24ClF3N4O5. The van der Waals surface area contributed by atoms with Crippen LogP contribution in [0.25, 0.3) is 11.1 Å². The predicted octanol–water partition coefficient (Wildman–Crippen LogP) is 4.72. The molecule has 1 aliphatic heterocycles. The first-order valence-corrected chi connectivity index (χ1v) is 12.0. The number of benzene rings is 2. The Kier molecular flexibility index (Phi) is 8.87. The highest BCUT2D eigenvalue weighted by molar-refractivity contribution is 6.35. The number of morpholine rings is 1. The number of rotatable bonds is 10. The highest BCUT2D eigenvalue weighted by Gasteiger charge is 2.31. The van der Waals surface area contributed by atoms with Crippen LogP contribution in [0.1, 0.15) is 15.9 Å². The van der Waals surface area contributed by atoms with Gasteiger partial charge < -0.3 is 24.6 Å². The van der Waals surface area contributed by atoms with E-state index < -0.39 is 12.3 Å². The maximum absolute atomic E-state index is 12.4. The fraction of sp³-hybridized carbons (Fsp3) is 0.320. The van der Waals surface area contributed by atoms with Gasteiger partial charge in [-0.05, 0) is 35.4 Å². The van der Waals surface area contributed by atoms with Crippen molar-refractivity contribution in [1.82, 2.24) is 14.9 Å². The topological polar surface area (TPSA) is 106 Å². The number of carboxylic acids is 1. The third-order valence-corrected chi connectivity index (χ3v) is 6.00. The molecule has 2 heterocycles. The SMILES string of the molecule is O=C(O)c1cc(-c2cnc(NCc3cccc(OC(F)(F)F)c3)nc2)cc(OCCN2CCOCC2)c1Cl. The monoisotopic (exact) mass is 552 g/mol. The zero-order valence-electron chi connectivity index (χ0n) is 20.0. The van der Waals surface area contributed by atoms with E-state index in [1.807, 2.05) is 0 Å². The Balaban J connectivity index is 1.43. The Hall–Kier alpha value is -3.61. The van der Waals surface area contributed by atoms with Crippen molar-refractivity contribution >= 4 is 23.5 Å². The maximum Gasteiger partial charge on any atom is 0.573 e. The van der Waals surface area contributed by atoms with Crippen LogP contribution >= 0.6 is 11.6 Å². The molecular weight excluding hydrogens is 529 g/mol. The summed E-state index contributed by atoms with van der Waals surface area (Å²) in [5.41, 5.74) is 1.43. The second kappa shape index (κ2) is 12.3. The molecule has 3 aromatic rings. The molecule has 0 atom stereocenters. The zero-order chi connectivity index (χ0) is 27.1. The van der Waals surface area contributed by atoms with Crippen LogP contribution in [0.5, 0.6) is 11.5 Å². The summed E-state index contributed by atoms with van der Waals surface area (Å²) in [7, 11) is 0. The average Bonchev–Trinajstić information content (AvgIpc) is 2.88. The maximum atomic E-state index is 12.4. The van der Waals surface area contributed by atoms with Crippen molar-refractivity contribution < 1.29 is 37.3 Å². The molecule has 1 aromatic heterocycles. The van der Waals surface area contributed by atoms with E-state index in [0.29, 0.717) is 43.1 Å². The van der Waals surface area contributed by atoms with Crippen LogP contribution in [0.2, 0.25) is 5.02 Å². The summed E-state index contributed by atoms with van der Waals surface area (Å²) in [4.78, 5) is 22.4. The van der Waals surface area contributed by atoms with Crippen molar-refractivity contribution in [1.29, 1.82) is 0 Å². The number of anilines is 1. The summed E-state index contributed by atoms with van der Waals surface area (Å²) in [6.07, 6.45) is -1.80. The number of nitrogens with zero attached hydrogens (tertiary/aromatic N) is 3. The molecule has 4 rings (SSSR count). The van der Waals surface area contributed by atoms with Gasteiger partial charge in [0.1, 0.15) is 18.1 Å². The quantitative estimate of drug-likeness (QED) is 0.369. The number of aromatic carboxylic acids is 1. The number of alkyl halides is 3. The highest BCUT2D eigenvalue weighted by atomic mass is 35.5. The van der Waals surface area contributed by atoms with Gasteiger partial charge in [-0.15, -0.1) is 13.2 Å². The zero-order valence-corrected chi connectivity index (χ0v) is 20.8. The summed E-state index contributed by atoms with van der Waals surface area (Å²) in [5, 5.41) is 12.5. The summed E-state index contributed by atoms with van der Waals surface area (Å²) in [6.45, 7) is 4.01. The van der Waals surface area contributed by atoms with E-state index in [1.54, 1.807) is 12.1 Å². The van der Waals surface area contributed by atoms with Gasteiger partial charge in [0.05, 0.1) is 23.8 Å². The van der Waals surface area contributed by atoms with E-state index in [9.17, 15) is 23.1 Å². The summed E-state index contributed by atoms with van der Waals surface area (Å²) in [6, 6.07) is 8.59. The Morgan fingerprint density at radius 2 is 1.87 bits per heavy atom. The Morgan fingerprint density at radius 1 is 1.13 bits per heavy atom. The average molecular weight is 553 g/mol. The third-order valence-electron chi connectivity index (χ3n) is 5.61. The van der Waals surface area contributed by atoms with Crippen molar-refractivity contribution in [3.8, 4) is 22.6 Å². The molecule has 1 saturated heterocycles. The third kappa shape index (κ3) is 7.70. The first-order chi connectivity index (χ1) is 18.2. The fourth-order valence-electron chi connectivity index (χ4n) is 3.74. The number of nitrogens with one attached hydrogen (secondary N) is 1. The van der Waals surface area contributed by atoms with Gasteiger partial charge in [0, 0.05) is 44.1 Å². The van der Waals surface area contributed by atoms with Crippen molar-refractivity contribution in [2.45, 2.75) is 12.9 Å². The molecule has 38 heavy (non-hydrogen) atoms. The van der Waals surface area contributed by atoms with Crippen LogP contribution in [0, 0.1) is 0 Å². The largest absolute Gasteiger partial charge is 0.573 e. The minimum absolute atomic E-state index is 0.000773. The van der Waals surface area contributed by atoms with Gasteiger partial charge in [0.25, 0.3) is 0 Å². The molecule has 0 saturated carbocycles. The molecule has 2 aromatic carbocycles. The molecule has 0 aliphatic carbocycles. The molecule has 202 valence electrons. The minimum Gasteiger partial charge on any atom is -0.491 e. The van der Waals surface area contributed by atoms with Crippen LogP contribution < -0.4 is 14.8 Å². The number of carboxylic acid groups (broad SMARTS) is 1. The van der Waals surface area contributed by atoms with Gasteiger partial charge in [0.15, 0.2) is 0 Å². The molecule has 2 N–H and O–H groups in total. The summed E-state index contributed by atoms with van der Waals surface area (Å²) in [5.74, 6) is -1.07. The highest BCUT2D eigenvalue weighted by Crippen LogP contribution is 2.34. The molecule has 1 aliphatic rings. The predicted molar refractivity (Wildman–Crippen MR) is 133 cm³/mol. The number of aromatic nitrogens is 2. The van der Waals surface area contributed by atoms with Crippen LogP contribution in [-0.4, -0.2) is 71.8 Å². The van der Waals surface area contributed by atoms with E-state index in [2.05, 4.69) is 24.9 Å². The van der Waals surface area contributed by atoms with Gasteiger partial charge in [-0.25, -0.2) is 14.8 Å². The smallest absolute Gasteiger partial charge is 0.491 e. The molecule has 0 bridgehead atoms. The standard InChI is InChI=1S/C25H24ClF3N4O5/c26-22-20(23(34)35)11-17(12-21(22)37-9-6-33-4-7-36-8-5-33)18-14-31-24(32-15-18)30-13-16-2-1-3-19(10-16)38-25(27,28)29/h1-3,10-12,14-15H,4-9,13H2,(H,34,35)(H,30,31,32). The van der Waals surface area contributed by atoms with Crippen molar-refractivity contribution in [3.05, 3.63) is 64.9 Å². The lowest BCUT2D eigenvalue weighted by molar-refractivity contribution is -0.274. The molecule has 0 spiro atoms. The number of hydrogen-bond acceptors (Lipinski definition) is 8.